The van der Waals surface area contributed by atoms with Gasteiger partial charge in [0.2, 0.25) is 5.95 Å². The Bertz CT molecular complexity index is 424. The molecule has 0 spiro atoms. The van der Waals surface area contributed by atoms with E-state index in [1.807, 2.05) is 0 Å². The predicted octanol–water partition coefficient (Wildman–Crippen LogP) is 2.75. The summed E-state index contributed by atoms with van der Waals surface area (Å²) >= 11 is 0. The van der Waals surface area contributed by atoms with E-state index in [4.69, 9.17) is 5.26 Å². The van der Waals surface area contributed by atoms with Gasteiger partial charge in [0.25, 0.3) is 0 Å². The molecule has 1 aliphatic heterocycles. The zero-order valence-corrected chi connectivity index (χ0v) is 11.0. The Morgan fingerprint density at radius 1 is 1.44 bits per heavy atom. The van der Waals surface area contributed by atoms with Gasteiger partial charge in [-0.2, -0.15) is 5.26 Å². The van der Waals surface area contributed by atoms with Crippen molar-refractivity contribution in [1.29, 1.82) is 5.26 Å². The molecule has 1 aromatic heterocycles. The van der Waals surface area contributed by atoms with Gasteiger partial charge >= 0.3 is 0 Å². The van der Waals surface area contributed by atoms with E-state index >= 15 is 0 Å². The Morgan fingerprint density at radius 3 is 3.11 bits per heavy atom. The normalized spacial score (nSPS) is 20.2. The lowest BCUT2D eigenvalue weighted by Crippen LogP contribution is -2.26. The van der Waals surface area contributed by atoms with Crippen LogP contribution in [0.15, 0.2) is 12.3 Å². The summed E-state index contributed by atoms with van der Waals surface area (Å²) in [5.41, 5.74) is 0.453. The lowest BCUT2D eigenvalue weighted by Gasteiger charge is -2.20. The second-order valence-electron chi connectivity index (χ2n) is 4.93. The molecule has 0 radical (unpaired) electrons. The first-order chi connectivity index (χ1) is 8.83. The Labute approximate surface area is 109 Å². The minimum atomic E-state index is 0.453. The summed E-state index contributed by atoms with van der Waals surface area (Å²) in [6.45, 7) is 4.27. The van der Waals surface area contributed by atoms with Gasteiger partial charge in [0.15, 0.2) is 0 Å². The van der Waals surface area contributed by atoms with Gasteiger partial charge in [-0.15, -0.1) is 0 Å². The van der Waals surface area contributed by atoms with Crippen molar-refractivity contribution >= 4 is 5.95 Å². The standard InChI is InChI=1S/C14H20N4/c1-2-4-12-5-3-9-18(10-7-12)14-16-8-6-13(11-15)17-14/h6,8,12H,2-5,7,9-10H2,1H3. The van der Waals surface area contributed by atoms with Gasteiger partial charge in [0.1, 0.15) is 11.8 Å². The first-order valence-electron chi connectivity index (χ1n) is 6.81. The second-order valence-corrected chi connectivity index (χ2v) is 4.93. The van der Waals surface area contributed by atoms with Gasteiger partial charge in [0, 0.05) is 19.3 Å². The molecule has 0 aromatic carbocycles. The molecule has 1 saturated heterocycles. The quantitative estimate of drug-likeness (QED) is 0.820. The third-order valence-corrected chi connectivity index (χ3v) is 3.58. The average molecular weight is 244 g/mol. The molecule has 2 rings (SSSR count). The molecule has 1 unspecified atom stereocenters. The summed E-state index contributed by atoms with van der Waals surface area (Å²) < 4.78 is 0. The third-order valence-electron chi connectivity index (χ3n) is 3.58. The molecule has 1 aliphatic rings. The topological polar surface area (TPSA) is 52.8 Å². The highest BCUT2D eigenvalue weighted by Crippen LogP contribution is 2.23. The molecule has 0 N–H and O–H groups in total. The van der Waals surface area contributed by atoms with E-state index in [1.54, 1.807) is 12.3 Å². The fraction of sp³-hybridized carbons (Fsp3) is 0.643. The molecule has 1 fully saturated rings. The maximum atomic E-state index is 8.87. The van der Waals surface area contributed by atoms with Crippen LogP contribution in [-0.2, 0) is 0 Å². The number of hydrogen-bond acceptors (Lipinski definition) is 4. The number of nitrogens with zero attached hydrogens (tertiary/aromatic N) is 4. The van der Waals surface area contributed by atoms with E-state index in [-0.39, 0.29) is 0 Å². The van der Waals surface area contributed by atoms with Crippen molar-refractivity contribution in [2.24, 2.45) is 5.92 Å². The van der Waals surface area contributed by atoms with E-state index in [0.717, 1.165) is 19.0 Å². The van der Waals surface area contributed by atoms with Crippen molar-refractivity contribution in [3.63, 3.8) is 0 Å². The summed E-state index contributed by atoms with van der Waals surface area (Å²) in [7, 11) is 0. The van der Waals surface area contributed by atoms with Crippen LogP contribution < -0.4 is 4.90 Å². The molecule has 1 aromatic rings. The molecule has 0 amide bonds. The molecule has 1 atom stereocenters. The molecule has 0 bridgehead atoms. The van der Waals surface area contributed by atoms with Crippen LogP contribution in [0, 0.1) is 17.2 Å². The van der Waals surface area contributed by atoms with Crippen LogP contribution in [-0.4, -0.2) is 23.1 Å². The minimum Gasteiger partial charge on any atom is -0.341 e. The van der Waals surface area contributed by atoms with Gasteiger partial charge < -0.3 is 4.90 Å². The zero-order valence-electron chi connectivity index (χ0n) is 11.0. The smallest absolute Gasteiger partial charge is 0.226 e. The molecular weight excluding hydrogens is 224 g/mol. The fourth-order valence-electron chi connectivity index (χ4n) is 2.63. The van der Waals surface area contributed by atoms with Gasteiger partial charge in [-0.25, -0.2) is 9.97 Å². The first kappa shape index (κ1) is 12.8. The molecule has 0 saturated carbocycles. The maximum absolute atomic E-state index is 8.87. The van der Waals surface area contributed by atoms with Crippen molar-refractivity contribution in [2.75, 3.05) is 18.0 Å². The Morgan fingerprint density at radius 2 is 2.33 bits per heavy atom. The monoisotopic (exact) mass is 244 g/mol. The molecule has 18 heavy (non-hydrogen) atoms. The van der Waals surface area contributed by atoms with Crippen LogP contribution in [0.25, 0.3) is 0 Å². The third kappa shape index (κ3) is 3.19. The summed E-state index contributed by atoms with van der Waals surface area (Å²) in [5.74, 6) is 1.56. The minimum absolute atomic E-state index is 0.453. The summed E-state index contributed by atoms with van der Waals surface area (Å²) in [6.07, 6.45) is 7.99. The van der Waals surface area contributed by atoms with Crippen molar-refractivity contribution in [3.8, 4) is 6.07 Å². The van der Waals surface area contributed by atoms with Gasteiger partial charge in [-0.3, -0.25) is 0 Å². The van der Waals surface area contributed by atoms with E-state index in [0.29, 0.717) is 11.6 Å². The Balaban J connectivity index is 2.03. The number of rotatable bonds is 3. The van der Waals surface area contributed by atoms with Crippen LogP contribution in [0.4, 0.5) is 5.95 Å². The first-order valence-corrected chi connectivity index (χ1v) is 6.81. The van der Waals surface area contributed by atoms with E-state index in [9.17, 15) is 0 Å². The van der Waals surface area contributed by atoms with Gasteiger partial charge in [0.05, 0.1) is 0 Å². The number of aromatic nitrogens is 2. The van der Waals surface area contributed by atoms with Crippen LogP contribution in [0.5, 0.6) is 0 Å². The van der Waals surface area contributed by atoms with E-state index < -0.39 is 0 Å². The summed E-state index contributed by atoms with van der Waals surface area (Å²) in [6, 6.07) is 3.73. The molecule has 4 nitrogen and oxygen atoms in total. The SMILES string of the molecule is CCCC1CCCN(c2nccc(C#N)n2)CC1. The average Bonchev–Trinajstić information content (AvgIpc) is 2.65. The zero-order chi connectivity index (χ0) is 12.8. The van der Waals surface area contributed by atoms with Crippen molar-refractivity contribution in [2.45, 2.75) is 39.0 Å². The van der Waals surface area contributed by atoms with Crippen LogP contribution in [0.1, 0.15) is 44.7 Å². The highest BCUT2D eigenvalue weighted by atomic mass is 15.2. The van der Waals surface area contributed by atoms with Crippen molar-refractivity contribution in [3.05, 3.63) is 18.0 Å². The lowest BCUT2D eigenvalue weighted by molar-refractivity contribution is 0.435. The van der Waals surface area contributed by atoms with Crippen LogP contribution in [0.2, 0.25) is 0 Å². The summed E-state index contributed by atoms with van der Waals surface area (Å²) in [5, 5.41) is 8.87. The van der Waals surface area contributed by atoms with E-state index in [2.05, 4.69) is 27.9 Å². The summed E-state index contributed by atoms with van der Waals surface area (Å²) in [4.78, 5) is 10.8. The highest BCUT2D eigenvalue weighted by molar-refractivity contribution is 5.33. The number of hydrogen-bond donors (Lipinski definition) is 0. The largest absolute Gasteiger partial charge is 0.341 e. The van der Waals surface area contributed by atoms with Crippen molar-refractivity contribution in [1.82, 2.24) is 9.97 Å². The van der Waals surface area contributed by atoms with Crippen LogP contribution in [0.3, 0.4) is 0 Å². The Hall–Kier alpha value is -1.63. The highest BCUT2D eigenvalue weighted by Gasteiger charge is 2.18. The lowest BCUT2D eigenvalue weighted by atomic mass is 9.96. The Kier molecular flexibility index (Phi) is 4.52. The molecule has 4 heteroatoms. The molecular formula is C14H20N4. The van der Waals surface area contributed by atoms with E-state index in [1.165, 1.54) is 32.1 Å². The number of anilines is 1. The fourth-order valence-corrected chi connectivity index (χ4v) is 2.63. The molecule has 0 aliphatic carbocycles. The van der Waals surface area contributed by atoms with Crippen molar-refractivity contribution < 1.29 is 0 Å². The molecule has 96 valence electrons. The number of nitriles is 1. The predicted molar refractivity (Wildman–Crippen MR) is 71.2 cm³/mol. The van der Waals surface area contributed by atoms with Gasteiger partial charge in [-0.05, 0) is 31.2 Å². The maximum Gasteiger partial charge on any atom is 0.226 e. The molecule has 2 heterocycles. The van der Waals surface area contributed by atoms with Gasteiger partial charge in [-0.1, -0.05) is 19.8 Å². The second kappa shape index (κ2) is 6.34. The van der Waals surface area contributed by atoms with Crippen LogP contribution >= 0.6 is 0 Å².